The first-order chi connectivity index (χ1) is 8.56. The first-order valence-corrected chi connectivity index (χ1v) is 7.46. The highest BCUT2D eigenvalue weighted by Crippen LogP contribution is 2.34. The van der Waals surface area contributed by atoms with Gasteiger partial charge in [0.2, 0.25) is 0 Å². The number of benzene rings is 1. The van der Waals surface area contributed by atoms with Gasteiger partial charge >= 0.3 is 0 Å². The van der Waals surface area contributed by atoms with Crippen molar-refractivity contribution in [3.8, 4) is 0 Å². The first-order valence-electron chi connectivity index (χ1n) is 6.38. The third-order valence-electron chi connectivity index (χ3n) is 3.13. The Kier molecular flexibility index (Phi) is 4.10. The highest BCUT2D eigenvalue weighted by atomic mass is 127. The van der Waals surface area contributed by atoms with E-state index in [2.05, 4.69) is 73.8 Å². The lowest BCUT2D eigenvalue weighted by atomic mass is 9.96. The van der Waals surface area contributed by atoms with Crippen LogP contribution in [0.1, 0.15) is 37.9 Å². The van der Waals surface area contributed by atoms with E-state index >= 15 is 0 Å². The number of halogens is 1. The predicted molar refractivity (Wildman–Crippen MR) is 87.4 cm³/mol. The van der Waals surface area contributed by atoms with E-state index in [-0.39, 0.29) is 0 Å². The molecule has 0 saturated heterocycles. The summed E-state index contributed by atoms with van der Waals surface area (Å²) in [5.41, 5.74) is 4.84. The third kappa shape index (κ3) is 2.32. The standard InChI is InChI=1S/C15H19IN2/c1-5-17-15-11-7-6-8-12(16)14(11)18-10(4)13(15)9(2)3/h6-9H,5H2,1-4H3,(H,17,18). The molecule has 0 aliphatic carbocycles. The normalized spacial score (nSPS) is 11.2. The van der Waals surface area contributed by atoms with Crippen molar-refractivity contribution in [2.24, 2.45) is 0 Å². The Morgan fingerprint density at radius 2 is 2.06 bits per heavy atom. The summed E-state index contributed by atoms with van der Waals surface area (Å²) in [7, 11) is 0. The van der Waals surface area contributed by atoms with Crippen LogP contribution < -0.4 is 5.32 Å². The van der Waals surface area contributed by atoms with Crippen molar-refractivity contribution < 1.29 is 0 Å². The Hall–Kier alpha value is -0.840. The molecule has 1 heterocycles. The molecule has 0 atom stereocenters. The fourth-order valence-electron chi connectivity index (χ4n) is 2.46. The van der Waals surface area contributed by atoms with E-state index in [9.17, 15) is 0 Å². The van der Waals surface area contributed by atoms with Gasteiger partial charge in [-0.25, -0.2) is 0 Å². The number of anilines is 1. The number of aryl methyl sites for hydroxylation is 1. The van der Waals surface area contributed by atoms with E-state index in [1.54, 1.807) is 0 Å². The summed E-state index contributed by atoms with van der Waals surface area (Å²) >= 11 is 2.36. The van der Waals surface area contributed by atoms with Gasteiger partial charge in [0.05, 0.1) is 5.52 Å². The largest absolute Gasteiger partial charge is 0.384 e. The van der Waals surface area contributed by atoms with Gasteiger partial charge in [0, 0.05) is 26.9 Å². The van der Waals surface area contributed by atoms with E-state index < -0.39 is 0 Å². The van der Waals surface area contributed by atoms with Crippen molar-refractivity contribution in [1.29, 1.82) is 0 Å². The van der Waals surface area contributed by atoms with Crippen LogP contribution in [0.15, 0.2) is 18.2 Å². The minimum Gasteiger partial charge on any atom is -0.384 e. The molecule has 0 aliphatic rings. The highest BCUT2D eigenvalue weighted by molar-refractivity contribution is 14.1. The monoisotopic (exact) mass is 354 g/mol. The molecule has 0 amide bonds. The molecule has 1 aromatic heterocycles. The Balaban J connectivity index is 2.85. The molecule has 96 valence electrons. The molecule has 2 aromatic rings. The van der Waals surface area contributed by atoms with E-state index in [0.29, 0.717) is 5.92 Å². The van der Waals surface area contributed by atoms with E-state index in [1.165, 1.54) is 20.2 Å². The first kappa shape index (κ1) is 13.6. The molecule has 0 aliphatic heterocycles. The maximum Gasteiger partial charge on any atom is 0.0859 e. The highest BCUT2D eigenvalue weighted by Gasteiger charge is 2.15. The topological polar surface area (TPSA) is 24.9 Å². The average Bonchev–Trinajstić information content (AvgIpc) is 2.30. The van der Waals surface area contributed by atoms with Crippen LogP contribution >= 0.6 is 22.6 Å². The van der Waals surface area contributed by atoms with Gasteiger partial charge in [-0.1, -0.05) is 26.0 Å². The number of hydrogen-bond donors (Lipinski definition) is 1. The van der Waals surface area contributed by atoms with Crippen molar-refractivity contribution >= 4 is 39.2 Å². The summed E-state index contributed by atoms with van der Waals surface area (Å²) < 4.78 is 1.21. The number of nitrogens with one attached hydrogen (secondary N) is 1. The summed E-state index contributed by atoms with van der Waals surface area (Å²) in [6.07, 6.45) is 0. The minimum atomic E-state index is 0.480. The molecule has 1 aromatic carbocycles. The summed E-state index contributed by atoms with van der Waals surface area (Å²) in [6.45, 7) is 9.64. The summed E-state index contributed by atoms with van der Waals surface area (Å²) in [5, 5.41) is 4.76. The van der Waals surface area contributed by atoms with Gasteiger partial charge in [0.25, 0.3) is 0 Å². The van der Waals surface area contributed by atoms with Crippen molar-refractivity contribution in [3.63, 3.8) is 0 Å². The molecule has 1 N–H and O–H groups in total. The molecule has 3 heteroatoms. The van der Waals surface area contributed by atoms with Crippen LogP contribution in [0, 0.1) is 10.5 Å². The van der Waals surface area contributed by atoms with Crippen LogP contribution in [0.2, 0.25) is 0 Å². The SMILES string of the molecule is CCNc1c(C(C)C)c(C)nc2c(I)cccc12. The summed E-state index contributed by atoms with van der Waals surface area (Å²) in [5.74, 6) is 0.480. The lowest BCUT2D eigenvalue weighted by Crippen LogP contribution is -2.07. The third-order valence-corrected chi connectivity index (χ3v) is 4.00. The van der Waals surface area contributed by atoms with Crippen LogP contribution in [0.25, 0.3) is 10.9 Å². The number of pyridine rings is 1. The van der Waals surface area contributed by atoms with Crippen molar-refractivity contribution in [2.75, 3.05) is 11.9 Å². The maximum absolute atomic E-state index is 4.79. The Bertz CT molecular complexity index is 576. The Labute approximate surface area is 122 Å². The lowest BCUT2D eigenvalue weighted by Gasteiger charge is -2.19. The molecular formula is C15H19IN2. The molecule has 18 heavy (non-hydrogen) atoms. The summed E-state index contributed by atoms with van der Waals surface area (Å²) in [4.78, 5) is 4.79. The summed E-state index contributed by atoms with van der Waals surface area (Å²) in [6, 6.07) is 6.37. The van der Waals surface area contributed by atoms with Gasteiger partial charge < -0.3 is 5.32 Å². The smallest absolute Gasteiger partial charge is 0.0859 e. The molecule has 0 spiro atoms. The zero-order valence-electron chi connectivity index (χ0n) is 11.3. The van der Waals surface area contributed by atoms with E-state index in [4.69, 9.17) is 4.98 Å². The van der Waals surface area contributed by atoms with Crippen molar-refractivity contribution in [3.05, 3.63) is 33.0 Å². The van der Waals surface area contributed by atoms with Crippen molar-refractivity contribution in [1.82, 2.24) is 4.98 Å². The second-order valence-corrected chi connectivity index (χ2v) is 5.97. The van der Waals surface area contributed by atoms with Crippen LogP contribution in [0.5, 0.6) is 0 Å². The Morgan fingerprint density at radius 3 is 2.67 bits per heavy atom. The lowest BCUT2D eigenvalue weighted by molar-refractivity contribution is 0.848. The minimum absolute atomic E-state index is 0.480. The molecular weight excluding hydrogens is 335 g/mol. The van der Waals surface area contributed by atoms with Crippen LogP contribution in [-0.2, 0) is 0 Å². The van der Waals surface area contributed by atoms with Gasteiger partial charge in [-0.2, -0.15) is 0 Å². The predicted octanol–water partition coefficient (Wildman–Crippen LogP) is 4.70. The fraction of sp³-hybridized carbons (Fsp3) is 0.400. The number of aromatic nitrogens is 1. The second kappa shape index (κ2) is 5.43. The van der Waals surface area contributed by atoms with Crippen LogP contribution in [0.4, 0.5) is 5.69 Å². The van der Waals surface area contributed by atoms with Gasteiger partial charge in [0.15, 0.2) is 0 Å². The van der Waals surface area contributed by atoms with Crippen LogP contribution in [-0.4, -0.2) is 11.5 Å². The molecule has 0 fully saturated rings. The quantitative estimate of drug-likeness (QED) is 0.808. The van der Waals surface area contributed by atoms with Gasteiger partial charge in [-0.3, -0.25) is 4.98 Å². The van der Waals surface area contributed by atoms with Gasteiger partial charge in [-0.15, -0.1) is 0 Å². The van der Waals surface area contributed by atoms with Crippen molar-refractivity contribution in [2.45, 2.75) is 33.6 Å². The zero-order chi connectivity index (χ0) is 13.3. The van der Waals surface area contributed by atoms with E-state index in [0.717, 1.165) is 17.8 Å². The molecule has 0 radical (unpaired) electrons. The second-order valence-electron chi connectivity index (χ2n) is 4.81. The average molecular weight is 354 g/mol. The Morgan fingerprint density at radius 1 is 1.33 bits per heavy atom. The molecule has 0 saturated carbocycles. The molecule has 0 bridgehead atoms. The number of fused-ring (bicyclic) bond motifs is 1. The van der Waals surface area contributed by atoms with E-state index in [1.807, 2.05) is 0 Å². The molecule has 2 rings (SSSR count). The molecule has 2 nitrogen and oxygen atoms in total. The number of para-hydroxylation sites is 1. The maximum atomic E-state index is 4.79. The fourth-order valence-corrected chi connectivity index (χ4v) is 3.08. The molecule has 0 unspecified atom stereocenters. The van der Waals surface area contributed by atoms with Crippen LogP contribution in [0.3, 0.4) is 0 Å². The van der Waals surface area contributed by atoms with Gasteiger partial charge in [0.1, 0.15) is 0 Å². The number of hydrogen-bond acceptors (Lipinski definition) is 2. The van der Waals surface area contributed by atoms with Gasteiger partial charge in [-0.05, 0) is 54.0 Å². The zero-order valence-corrected chi connectivity index (χ0v) is 13.5. The number of nitrogens with zero attached hydrogens (tertiary/aromatic N) is 1. The number of rotatable bonds is 3.